The van der Waals surface area contributed by atoms with Crippen LogP contribution in [0.1, 0.15) is 78.6 Å². The lowest BCUT2D eigenvalue weighted by Crippen LogP contribution is -2.60. The number of carboxylic acid groups (broad SMARTS) is 2. The van der Waals surface area contributed by atoms with Gasteiger partial charge in [0.05, 0.1) is 104 Å². The van der Waals surface area contributed by atoms with E-state index in [1.807, 2.05) is 0 Å². The van der Waals surface area contributed by atoms with Crippen molar-refractivity contribution in [2.45, 2.75) is 133 Å². The number of carbonyl (C=O) groups is 6. The first-order chi connectivity index (χ1) is 38.2. The average molecular weight is 1150 g/mol. The highest BCUT2D eigenvalue weighted by Crippen LogP contribution is 2.31. The summed E-state index contributed by atoms with van der Waals surface area (Å²) in [6, 6.07) is -3.36. The van der Waals surface area contributed by atoms with E-state index in [9.17, 15) is 59.4 Å². The van der Waals surface area contributed by atoms with Crippen LogP contribution in [-0.4, -0.2) is 243 Å². The first kappa shape index (κ1) is 70.1. The molecule has 0 spiro atoms. The molecule has 15 N–H and O–H groups in total. The van der Waals surface area contributed by atoms with Crippen LogP contribution >= 0.6 is 0 Å². The van der Waals surface area contributed by atoms with Gasteiger partial charge in [-0.25, -0.2) is 19.6 Å². The Kier molecular flexibility index (Phi) is 35.3. The largest absolute Gasteiger partial charge is 0.479 e. The Bertz CT molecular complexity index is 1990. The maximum Gasteiger partial charge on any atom is 0.370 e. The zero-order valence-electron chi connectivity index (χ0n) is 46.0. The van der Waals surface area contributed by atoms with E-state index in [1.165, 1.54) is 6.08 Å². The maximum absolute atomic E-state index is 13.4. The summed E-state index contributed by atoms with van der Waals surface area (Å²) >= 11 is 0. The predicted octanol–water partition coefficient (Wildman–Crippen LogP) is -2.87. The Morgan fingerprint density at radius 3 is 1.55 bits per heavy atom. The second-order valence-corrected chi connectivity index (χ2v) is 18.5. The Labute approximate surface area is 465 Å². The molecule has 10 atom stereocenters. The van der Waals surface area contributed by atoms with E-state index in [4.69, 9.17) is 70.3 Å². The van der Waals surface area contributed by atoms with Gasteiger partial charge in [0.2, 0.25) is 23.3 Å². The molecule has 458 valence electrons. The minimum absolute atomic E-state index is 0.0461. The number of ether oxygens (including phenoxy) is 10. The normalized spacial score (nSPS) is 20.2. The fourth-order valence-electron chi connectivity index (χ4n) is 8.02. The second-order valence-electron chi connectivity index (χ2n) is 18.5. The third-order valence-corrected chi connectivity index (χ3v) is 12.1. The van der Waals surface area contributed by atoms with E-state index in [2.05, 4.69) is 22.2 Å². The van der Waals surface area contributed by atoms with Crippen molar-refractivity contribution in [2.24, 2.45) is 38.8 Å². The summed E-state index contributed by atoms with van der Waals surface area (Å²) in [5, 5.41) is 62.7. The van der Waals surface area contributed by atoms with Crippen LogP contribution in [-0.2, 0) is 76.1 Å². The molecule has 0 fully saturated rings. The number of nitrogens with one attached hydrogen (secondary N) is 1. The average Bonchev–Trinajstić information content (AvgIpc) is 3.42. The van der Waals surface area contributed by atoms with Gasteiger partial charge in [-0.3, -0.25) is 19.2 Å². The SMILES string of the molecule is CCCCOCCOCCOCCOCCC(=O)N(CCCCCC(=O)O[C@@H]([C@@H]1OC(C(=O)O)=C[C@H](N=C(N)N)[C@H]1NC(C)=O)[C@H](O)CO)CCOCCOCCCC(=O)O[C@@H]([C@@H]1OC(C(=O)O)=C[C@H](N=C(N)N)[C@H]1C)[C@H](O)CO. The molecule has 0 aromatic rings. The quantitative estimate of drug-likeness (QED) is 0.0126. The van der Waals surface area contributed by atoms with E-state index >= 15 is 0 Å². The van der Waals surface area contributed by atoms with Gasteiger partial charge in [-0.15, -0.1) is 0 Å². The van der Waals surface area contributed by atoms with Gasteiger partial charge in [0, 0.05) is 52.0 Å². The first-order valence-corrected chi connectivity index (χ1v) is 26.6. The molecular formula is C50H86N8O22. The van der Waals surface area contributed by atoms with Crippen molar-refractivity contribution in [1.82, 2.24) is 10.2 Å². The predicted molar refractivity (Wildman–Crippen MR) is 282 cm³/mol. The molecule has 2 aliphatic rings. The number of aliphatic carboxylic acids is 2. The molecule has 2 amide bonds. The van der Waals surface area contributed by atoms with Crippen LogP contribution in [0, 0.1) is 5.92 Å². The van der Waals surface area contributed by atoms with E-state index < -0.39 is 121 Å². The zero-order chi connectivity index (χ0) is 59.4. The number of carbonyl (C=O) groups excluding carboxylic acids is 4. The van der Waals surface area contributed by atoms with Crippen molar-refractivity contribution in [3.05, 3.63) is 23.7 Å². The summed E-state index contributed by atoms with van der Waals surface area (Å²) in [7, 11) is 0. The molecule has 0 unspecified atom stereocenters. The van der Waals surface area contributed by atoms with Crippen molar-refractivity contribution < 1.29 is 107 Å². The van der Waals surface area contributed by atoms with Crippen LogP contribution in [0.2, 0.25) is 0 Å². The van der Waals surface area contributed by atoms with Gasteiger partial charge in [-0.05, 0) is 37.8 Å². The number of amides is 2. The standard InChI is InChI=1S/C50H86N8O22/c1-4-5-15-71-20-23-75-25-26-76-24-21-73-17-12-39(64)58(13-8-6-7-10-40(65)80-45(36(63)30-60)46-42(55-32(3)61)34(57-50(53)54)28-38(78-46)48(69)70)14-18-74-22-19-72-16-9-11-41(66)79-44(35(62)29-59)43-31(2)33(56-49(51)52)27-37(77-43)47(67)68/h27-28,31,33-36,42-46,59-60,62-63H,4-26,29-30H2,1-3H3,(H,55,61)(H,67,68)(H,69,70)(H4,51,52,56)(H4,53,54,57)/t31-,33+,34+,35-,36-,42-,43-,44-,45-,46-/m1/s1. The smallest absolute Gasteiger partial charge is 0.370 e. The highest BCUT2D eigenvalue weighted by molar-refractivity contribution is 5.86. The molecule has 2 aliphatic heterocycles. The molecule has 30 heteroatoms. The number of hydrogen-bond donors (Lipinski definition) is 11. The van der Waals surface area contributed by atoms with Crippen LogP contribution in [0.5, 0.6) is 0 Å². The van der Waals surface area contributed by atoms with Gasteiger partial charge in [0.25, 0.3) is 0 Å². The Morgan fingerprint density at radius 1 is 0.600 bits per heavy atom. The number of esters is 2. The Balaban J connectivity index is 1.94. The van der Waals surface area contributed by atoms with Gasteiger partial charge >= 0.3 is 23.9 Å². The third kappa shape index (κ3) is 28.0. The van der Waals surface area contributed by atoms with E-state index in [0.717, 1.165) is 25.8 Å². The monoisotopic (exact) mass is 1150 g/mol. The highest BCUT2D eigenvalue weighted by Gasteiger charge is 2.47. The first-order valence-electron chi connectivity index (χ1n) is 26.6. The molecule has 0 aromatic carbocycles. The van der Waals surface area contributed by atoms with Crippen LogP contribution in [0.15, 0.2) is 33.7 Å². The molecule has 0 aromatic heterocycles. The van der Waals surface area contributed by atoms with Crippen LogP contribution in [0.25, 0.3) is 0 Å². The highest BCUT2D eigenvalue weighted by atomic mass is 16.6. The molecule has 2 rings (SSSR count). The van der Waals surface area contributed by atoms with Crippen LogP contribution < -0.4 is 28.3 Å². The minimum atomic E-state index is -1.79. The van der Waals surface area contributed by atoms with E-state index in [1.54, 1.807) is 11.8 Å². The summed E-state index contributed by atoms with van der Waals surface area (Å²) in [6.07, 6.45) is -4.15. The van der Waals surface area contributed by atoms with Crippen molar-refractivity contribution in [2.75, 3.05) is 106 Å². The maximum atomic E-state index is 13.4. The molecule has 0 radical (unpaired) electrons. The number of aliphatic imine (C=N–C) groups is 2. The molecule has 80 heavy (non-hydrogen) atoms. The molecule has 0 aliphatic carbocycles. The van der Waals surface area contributed by atoms with Crippen molar-refractivity contribution in [3.8, 4) is 0 Å². The molecule has 0 saturated heterocycles. The number of unbranched alkanes of at least 4 members (excludes halogenated alkanes) is 3. The van der Waals surface area contributed by atoms with E-state index in [-0.39, 0.29) is 96.7 Å². The van der Waals surface area contributed by atoms with Crippen LogP contribution in [0.4, 0.5) is 0 Å². The summed E-state index contributed by atoms with van der Waals surface area (Å²) in [5.41, 5.74) is 22.1. The van der Waals surface area contributed by atoms with Gasteiger partial charge in [0.15, 0.2) is 30.2 Å². The number of aliphatic hydroxyl groups excluding tert-OH is 4. The van der Waals surface area contributed by atoms with Gasteiger partial charge < -0.3 is 111 Å². The zero-order valence-corrected chi connectivity index (χ0v) is 46.0. The van der Waals surface area contributed by atoms with Gasteiger partial charge in [-0.1, -0.05) is 26.7 Å². The molecule has 30 nitrogen and oxygen atoms in total. The molecular weight excluding hydrogens is 1060 g/mol. The summed E-state index contributed by atoms with van der Waals surface area (Å²) in [6.45, 7) is 7.10. The number of aliphatic hydroxyl groups is 4. The van der Waals surface area contributed by atoms with E-state index in [0.29, 0.717) is 52.5 Å². The van der Waals surface area contributed by atoms with Crippen molar-refractivity contribution >= 4 is 47.6 Å². The molecule has 2 heterocycles. The number of nitrogens with two attached hydrogens (primary N) is 4. The van der Waals surface area contributed by atoms with Crippen LogP contribution in [0.3, 0.4) is 0 Å². The lowest BCUT2D eigenvalue weighted by Gasteiger charge is -2.39. The van der Waals surface area contributed by atoms with Gasteiger partial charge in [-0.2, -0.15) is 0 Å². The summed E-state index contributed by atoms with van der Waals surface area (Å²) in [5.74, 6) is -8.11. The fraction of sp³-hybridized carbons (Fsp3) is 0.760. The lowest BCUT2D eigenvalue weighted by molar-refractivity contribution is -0.176. The summed E-state index contributed by atoms with van der Waals surface area (Å²) in [4.78, 5) is 85.0. The fourth-order valence-corrected chi connectivity index (χ4v) is 8.02. The third-order valence-electron chi connectivity index (χ3n) is 12.1. The number of carboxylic acids is 2. The lowest BCUT2D eigenvalue weighted by atomic mass is 9.87. The number of guanidine groups is 2. The number of hydrogen-bond acceptors (Lipinski definition) is 22. The van der Waals surface area contributed by atoms with Gasteiger partial charge in [0.1, 0.15) is 18.3 Å². The van der Waals surface area contributed by atoms with Crippen molar-refractivity contribution in [1.29, 1.82) is 0 Å². The summed E-state index contributed by atoms with van der Waals surface area (Å²) < 4.78 is 55.6. The Hall–Kier alpha value is -5.96. The molecule has 0 saturated carbocycles. The van der Waals surface area contributed by atoms with Crippen molar-refractivity contribution in [3.63, 3.8) is 0 Å². The number of rotatable bonds is 44. The minimum Gasteiger partial charge on any atom is -0.479 e. The Morgan fingerprint density at radius 2 is 1.05 bits per heavy atom. The molecule has 0 bridgehead atoms. The topological polar surface area (TPSA) is 460 Å². The number of nitrogens with zero attached hydrogens (tertiary/aromatic N) is 3. The second kappa shape index (κ2) is 40.3.